The van der Waals surface area contributed by atoms with Crippen molar-refractivity contribution in [2.45, 2.75) is 6.18 Å². The van der Waals surface area contributed by atoms with E-state index in [9.17, 15) is 18.0 Å². The predicted octanol–water partition coefficient (Wildman–Crippen LogP) is 2.56. The number of carboxylic acids is 1. The van der Waals surface area contributed by atoms with E-state index in [-0.39, 0.29) is 4.47 Å². The highest BCUT2D eigenvalue weighted by molar-refractivity contribution is 9.10. The molecule has 1 aromatic heterocycles. The number of aromatic carboxylic acids is 1. The summed E-state index contributed by atoms with van der Waals surface area (Å²) in [5.41, 5.74) is -1.69. The highest BCUT2D eigenvalue weighted by atomic mass is 79.9. The highest BCUT2D eigenvalue weighted by Gasteiger charge is 2.33. The molecule has 1 rings (SSSR count). The van der Waals surface area contributed by atoms with Crippen LogP contribution in [0.1, 0.15) is 16.1 Å². The van der Waals surface area contributed by atoms with Gasteiger partial charge in [0.25, 0.3) is 0 Å². The average Bonchev–Trinajstić information content (AvgIpc) is 2.02. The van der Waals surface area contributed by atoms with Gasteiger partial charge in [0.2, 0.25) is 0 Å². The molecule has 0 amide bonds. The van der Waals surface area contributed by atoms with Crippen molar-refractivity contribution in [3.63, 3.8) is 0 Å². The molecule has 0 atom stereocenters. The zero-order valence-electron chi connectivity index (χ0n) is 6.47. The van der Waals surface area contributed by atoms with Crippen LogP contribution in [0.3, 0.4) is 0 Å². The third-order valence-corrected chi connectivity index (χ3v) is 2.01. The van der Waals surface area contributed by atoms with E-state index in [2.05, 4.69) is 20.9 Å². The maximum atomic E-state index is 12.1. The summed E-state index contributed by atoms with van der Waals surface area (Å²) in [5, 5.41) is 8.53. The van der Waals surface area contributed by atoms with Gasteiger partial charge in [0, 0.05) is 6.20 Å². The van der Waals surface area contributed by atoms with Crippen molar-refractivity contribution in [1.29, 1.82) is 0 Å². The van der Waals surface area contributed by atoms with E-state index in [0.29, 0.717) is 6.07 Å². The average molecular weight is 270 g/mol. The van der Waals surface area contributed by atoms with Gasteiger partial charge in [-0.2, -0.15) is 13.2 Å². The lowest BCUT2D eigenvalue weighted by atomic mass is 10.2. The first-order valence-electron chi connectivity index (χ1n) is 3.28. The molecule has 76 valence electrons. The molecular formula is C7H3BrF3NO2. The number of nitrogens with zero attached hydrogens (tertiary/aromatic N) is 1. The van der Waals surface area contributed by atoms with Crippen molar-refractivity contribution in [1.82, 2.24) is 4.98 Å². The molecule has 7 heteroatoms. The van der Waals surface area contributed by atoms with Gasteiger partial charge in [-0.3, -0.25) is 4.98 Å². The van der Waals surface area contributed by atoms with Gasteiger partial charge in [-0.25, -0.2) is 4.79 Å². The Kier molecular flexibility index (Phi) is 2.79. The van der Waals surface area contributed by atoms with E-state index < -0.39 is 23.4 Å². The minimum atomic E-state index is -4.63. The molecule has 0 aliphatic rings. The van der Waals surface area contributed by atoms with E-state index >= 15 is 0 Å². The fraction of sp³-hybridized carbons (Fsp3) is 0.143. The quantitative estimate of drug-likeness (QED) is 0.853. The number of alkyl halides is 3. The van der Waals surface area contributed by atoms with Crippen molar-refractivity contribution < 1.29 is 23.1 Å². The number of carbonyl (C=O) groups is 1. The van der Waals surface area contributed by atoms with Crippen LogP contribution in [0, 0.1) is 0 Å². The predicted molar refractivity (Wildman–Crippen MR) is 43.9 cm³/mol. The lowest BCUT2D eigenvalue weighted by molar-refractivity contribution is -0.141. The Morgan fingerprint density at radius 2 is 2.07 bits per heavy atom. The molecule has 0 aromatic carbocycles. The minimum Gasteiger partial charge on any atom is -0.478 e. The first kappa shape index (κ1) is 11.0. The summed E-state index contributed by atoms with van der Waals surface area (Å²) in [5.74, 6) is -1.44. The number of carboxylic acid groups (broad SMARTS) is 1. The van der Waals surface area contributed by atoms with Gasteiger partial charge in [0.05, 0.1) is 10.0 Å². The van der Waals surface area contributed by atoms with E-state index in [1.165, 1.54) is 0 Å². The van der Waals surface area contributed by atoms with Crippen LogP contribution in [-0.2, 0) is 6.18 Å². The van der Waals surface area contributed by atoms with Gasteiger partial charge in [0.15, 0.2) is 0 Å². The Morgan fingerprint density at radius 1 is 1.50 bits per heavy atom. The number of aromatic nitrogens is 1. The summed E-state index contributed by atoms with van der Waals surface area (Å²) in [6.07, 6.45) is -3.82. The minimum absolute atomic E-state index is 0.0120. The van der Waals surface area contributed by atoms with E-state index in [0.717, 1.165) is 6.20 Å². The summed E-state index contributed by atoms with van der Waals surface area (Å²) >= 11 is 2.79. The number of halogens is 4. The van der Waals surface area contributed by atoms with Crippen LogP contribution in [0.4, 0.5) is 13.2 Å². The van der Waals surface area contributed by atoms with Gasteiger partial charge in [-0.05, 0) is 22.0 Å². The zero-order valence-corrected chi connectivity index (χ0v) is 8.06. The third kappa shape index (κ3) is 2.22. The number of hydrogen-bond acceptors (Lipinski definition) is 2. The fourth-order valence-electron chi connectivity index (χ4n) is 0.758. The summed E-state index contributed by atoms with van der Waals surface area (Å²) in [6.45, 7) is 0. The molecule has 1 heterocycles. The van der Waals surface area contributed by atoms with Crippen molar-refractivity contribution in [3.8, 4) is 0 Å². The topological polar surface area (TPSA) is 50.2 Å². The number of rotatable bonds is 1. The number of pyridine rings is 1. The van der Waals surface area contributed by atoms with Gasteiger partial charge in [-0.1, -0.05) is 0 Å². The molecule has 1 aromatic rings. The summed E-state index contributed by atoms with van der Waals surface area (Å²) in [7, 11) is 0. The van der Waals surface area contributed by atoms with Gasteiger partial charge in [0.1, 0.15) is 5.69 Å². The zero-order chi connectivity index (χ0) is 10.9. The molecule has 0 spiro atoms. The molecule has 1 N–H and O–H groups in total. The van der Waals surface area contributed by atoms with Crippen molar-refractivity contribution in [2.75, 3.05) is 0 Å². The molecule has 0 aliphatic heterocycles. The van der Waals surface area contributed by atoms with Gasteiger partial charge >= 0.3 is 12.1 Å². The standard InChI is InChI=1S/C7H3BrF3NO2/c8-4-2-12-5(7(9,10)11)1-3(4)6(13)14/h1-2H,(H,13,14). The second-order valence-corrected chi connectivity index (χ2v) is 3.21. The molecule has 14 heavy (non-hydrogen) atoms. The Balaban J connectivity index is 3.27. The van der Waals surface area contributed by atoms with Crippen LogP contribution in [0.25, 0.3) is 0 Å². The van der Waals surface area contributed by atoms with Crippen molar-refractivity contribution in [2.24, 2.45) is 0 Å². The summed E-state index contributed by atoms with van der Waals surface area (Å²) in [4.78, 5) is 13.5. The Labute approximate surface area is 84.7 Å². The van der Waals surface area contributed by atoms with Crippen LogP contribution < -0.4 is 0 Å². The molecule has 0 aliphatic carbocycles. The largest absolute Gasteiger partial charge is 0.478 e. The SMILES string of the molecule is O=C(O)c1cc(C(F)(F)F)ncc1Br. The molecule has 3 nitrogen and oxygen atoms in total. The summed E-state index contributed by atoms with van der Waals surface area (Å²) < 4.78 is 36.3. The molecular weight excluding hydrogens is 267 g/mol. The van der Waals surface area contributed by atoms with Crippen molar-refractivity contribution >= 4 is 21.9 Å². The number of hydrogen-bond donors (Lipinski definition) is 1. The fourth-order valence-corrected chi connectivity index (χ4v) is 1.14. The van der Waals surface area contributed by atoms with Crippen LogP contribution in [0.2, 0.25) is 0 Å². The highest BCUT2D eigenvalue weighted by Crippen LogP contribution is 2.29. The second-order valence-electron chi connectivity index (χ2n) is 2.35. The first-order chi connectivity index (χ1) is 6.32. The molecule has 0 radical (unpaired) electrons. The lowest BCUT2D eigenvalue weighted by Crippen LogP contribution is -2.10. The Hall–Kier alpha value is -1.11. The first-order valence-corrected chi connectivity index (χ1v) is 4.07. The maximum absolute atomic E-state index is 12.1. The third-order valence-electron chi connectivity index (χ3n) is 1.38. The summed E-state index contributed by atoms with van der Waals surface area (Å²) in [6, 6.07) is 0.479. The van der Waals surface area contributed by atoms with Gasteiger partial charge < -0.3 is 5.11 Å². The molecule has 0 saturated carbocycles. The normalized spacial score (nSPS) is 11.4. The molecule has 0 bridgehead atoms. The van der Waals surface area contributed by atoms with Crippen LogP contribution in [-0.4, -0.2) is 16.1 Å². The second kappa shape index (κ2) is 3.56. The Bertz CT molecular complexity index is 378. The van der Waals surface area contributed by atoms with E-state index in [1.807, 2.05) is 0 Å². The van der Waals surface area contributed by atoms with Crippen LogP contribution >= 0.6 is 15.9 Å². The smallest absolute Gasteiger partial charge is 0.433 e. The monoisotopic (exact) mass is 269 g/mol. The molecule has 0 unspecified atom stereocenters. The van der Waals surface area contributed by atoms with Crippen molar-refractivity contribution in [3.05, 3.63) is 28.0 Å². The van der Waals surface area contributed by atoms with Gasteiger partial charge in [-0.15, -0.1) is 0 Å². The molecule has 0 saturated heterocycles. The van der Waals surface area contributed by atoms with E-state index in [1.54, 1.807) is 0 Å². The van der Waals surface area contributed by atoms with Crippen LogP contribution in [0.15, 0.2) is 16.7 Å². The maximum Gasteiger partial charge on any atom is 0.433 e. The lowest BCUT2D eigenvalue weighted by Gasteiger charge is -2.06. The molecule has 0 fully saturated rings. The van der Waals surface area contributed by atoms with Crippen LogP contribution in [0.5, 0.6) is 0 Å². The van der Waals surface area contributed by atoms with E-state index in [4.69, 9.17) is 5.11 Å². The Morgan fingerprint density at radius 3 is 2.50 bits per heavy atom.